The lowest BCUT2D eigenvalue weighted by Crippen LogP contribution is -2.53. The number of halogens is 4. The zero-order chi connectivity index (χ0) is 27.4. The molecular weight excluding hydrogens is 543 g/mol. The van der Waals surface area contributed by atoms with Gasteiger partial charge in [-0.05, 0) is 55.8 Å². The van der Waals surface area contributed by atoms with E-state index in [1.165, 1.54) is 12.1 Å². The quantitative estimate of drug-likeness (QED) is 0.411. The van der Waals surface area contributed by atoms with Gasteiger partial charge in [-0.3, -0.25) is 14.6 Å². The number of hydrogen-bond donors (Lipinski definition) is 1. The number of nitrogens with one attached hydrogen (secondary N) is 1. The summed E-state index contributed by atoms with van der Waals surface area (Å²) in [7, 11) is 0. The zero-order valence-electron chi connectivity index (χ0n) is 21.6. The average molecular weight is 575 g/mol. The lowest BCUT2D eigenvalue weighted by molar-refractivity contribution is 0.0950. The second kappa shape index (κ2) is 12.6. The average Bonchev–Trinajstić information content (AvgIpc) is 2.94. The minimum Gasteiger partial charge on any atom is -0.353 e. The monoisotopic (exact) mass is 573 g/mol. The molecule has 0 bridgehead atoms. The molecule has 5 rings (SSSR count). The maximum atomic E-state index is 14.0. The van der Waals surface area contributed by atoms with E-state index in [2.05, 4.69) is 25.0 Å². The predicted octanol–water partition coefficient (Wildman–Crippen LogP) is 5.38. The smallest absolute Gasteiger partial charge is 0.253 e. The number of piperazine rings is 1. The molecule has 2 saturated heterocycles. The first-order chi connectivity index (χ1) is 18.9. The highest BCUT2D eigenvalue weighted by molar-refractivity contribution is 6.33. The molecule has 2 aliphatic rings. The molecule has 206 valence electrons. The Morgan fingerprint density at radius 3 is 2.33 bits per heavy atom. The Balaban J connectivity index is 1.08. The molecule has 39 heavy (non-hydrogen) atoms. The van der Waals surface area contributed by atoms with Crippen LogP contribution in [0.5, 0.6) is 0 Å². The van der Waals surface area contributed by atoms with E-state index >= 15 is 0 Å². The summed E-state index contributed by atoms with van der Waals surface area (Å²) in [5, 5.41) is 4.00. The number of aromatic nitrogens is 1. The van der Waals surface area contributed by atoms with E-state index < -0.39 is 11.6 Å². The molecule has 2 aliphatic heterocycles. The Hall–Kier alpha value is -2.78. The summed E-state index contributed by atoms with van der Waals surface area (Å²) in [6, 6.07) is 13.3. The first-order valence-electron chi connectivity index (χ1n) is 13.2. The van der Waals surface area contributed by atoms with Gasteiger partial charge in [0.2, 0.25) is 0 Å². The third-order valence-corrected chi connectivity index (χ3v) is 8.08. The van der Waals surface area contributed by atoms with E-state index in [-0.39, 0.29) is 5.91 Å². The third-order valence-electron chi connectivity index (χ3n) is 7.55. The number of likely N-dealkylation sites (tertiary alicyclic amines) is 1. The van der Waals surface area contributed by atoms with Gasteiger partial charge >= 0.3 is 0 Å². The molecular formula is C29H31Cl2F2N5O. The highest BCUT2D eigenvalue weighted by Gasteiger charge is 2.29. The fourth-order valence-corrected chi connectivity index (χ4v) is 5.72. The van der Waals surface area contributed by atoms with Gasteiger partial charge in [-0.15, -0.1) is 0 Å². The summed E-state index contributed by atoms with van der Waals surface area (Å²) in [4.78, 5) is 24.0. The molecule has 3 aromatic rings. The van der Waals surface area contributed by atoms with Crippen molar-refractivity contribution in [3.05, 3.63) is 93.1 Å². The minimum atomic E-state index is -0.544. The lowest BCUT2D eigenvalue weighted by Gasteiger charge is -2.43. The van der Waals surface area contributed by atoms with Crippen LogP contribution in [0, 0.1) is 11.6 Å². The molecule has 0 radical (unpaired) electrons. The number of piperidine rings is 1. The van der Waals surface area contributed by atoms with Crippen LogP contribution in [0.15, 0.2) is 54.7 Å². The number of nitrogens with zero attached hydrogens (tertiary/aromatic N) is 4. The number of hydrogen-bond acceptors (Lipinski definition) is 5. The van der Waals surface area contributed by atoms with Crippen molar-refractivity contribution in [2.24, 2.45) is 0 Å². The van der Waals surface area contributed by atoms with Gasteiger partial charge in [-0.1, -0.05) is 41.4 Å². The Morgan fingerprint density at radius 1 is 0.949 bits per heavy atom. The minimum absolute atomic E-state index is 0.232. The maximum absolute atomic E-state index is 14.0. The van der Waals surface area contributed by atoms with Crippen molar-refractivity contribution < 1.29 is 13.6 Å². The molecule has 0 unspecified atom stereocenters. The number of anilines is 1. The van der Waals surface area contributed by atoms with Gasteiger partial charge in [0.1, 0.15) is 17.5 Å². The highest BCUT2D eigenvalue weighted by Crippen LogP contribution is 2.27. The molecule has 10 heteroatoms. The van der Waals surface area contributed by atoms with E-state index in [0.29, 0.717) is 46.1 Å². The van der Waals surface area contributed by atoms with Crippen LogP contribution < -0.4 is 10.2 Å². The summed E-state index contributed by atoms with van der Waals surface area (Å²) < 4.78 is 27.2. The van der Waals surface area contributed by atoms with E-state index in [9.17, 15) is 13.6 Å². The van der Waals surface area contributed by atoms with E-state index in [1.807, 2.05) is 12.1 Å². The molecule has 0 saturated carbocycles. The zero-order valence-corrected chi connectivity index (χ0v) is 23.1. The highest BCUT2D eigenvalue weighted by atomic mass is 35.5. The standard InChI is InChI=1S/C29H31Cl2F2N5O/c30-23-4-1-20(2-5-23)17-35-29(39)22-15-26(31)28(34-18-22)38-13-11-37(12-14-38)25-7-9-36(10-8-25)19-21-3-6-24(32)16-27(21)33/h1-6,15-16,18,25H,7-14,17,19H2,(H,35,39). The van der Waals surface area contributed by atoms with Crippen LogP contribution in [-0.2, 0) is 13.1 Å². The topological polar surface area (TPSA) is 51.7 Å². The van der Waals surface area contributed by atoms with Crippen LogP contribution in [-0.4, -0.2) is 66.0 Å². The van der Waals surface area contributed by atoms with Gasteiger partial charge in [0.25, 0.3) is 5.91 Å². The molecule has 1 amide bonds. The van der Waals surface area contributed by atoms with E-state index in [4.69, 9.17) is 23.2 Å². The largest absolute Gasteiger partial charge is 0.353 e. The molecule has 3 heterocycles. The Labute approximate surface area is 237 Å². The first-order valence-corrected chi connectivity index (χ1v) is 13.9. The van der Waals surface area contributed by atoms with Crippen molar-refractivity contribution in [2.45, 2.75) is 32.0 Å². The fourth-order valence-electron chi connectivity index (χ4n) is 5.31. The first kappa shape index (κ1) is 27.8. The predicted molar refractivity (Wildman–Crippen MR) is 150 cm³/mol. The van der Waals surface area contributed by atoms with Gasteiger partial charge in [0, 0.05) is 68.2 Å². The second-order valence-electron chi connectivity index (χ2n) is 10.1. The third kappa shape index (κ3) is 7.06. The molecule has 0 spiro atoms. The van der Waals surface area contributed by atoms with Crippen molar-refractivity contribution in [1.29, 1.82) is 0 Å². The van der Waals surface area contributed by atoms with Crippen LogP contribution in [0.4, 0.5) is 14.6 Å². The Morgan fingerprint density at radius 2 is 1.67 bits per heavy atom. The lowest BCUT2D eigenvalue weighted by atomic mass is 10.0. The number of amides is 1. The van der Waals surface area contributed by atoms with Crippen LogP contribution in [0.2, 0.25) is 10.0 Å². The molecule has 0 aliphatic carbocycles. The molecule has 1 aromatic heterocycles. The molecule has 1 N–H and O–H groups in total. The number of carbonyl (C=O) groups is 1. The van der Waals surface area contributed by atoms with Crippen molar-refractivity contribution in [2.75, 3.05) is 44.2 Å². The van der Waals surface area contributed by atoms with E-state index in [1.54, 1.807) is 24.4 Å². The van der Waals surface area contributed by atoms with Crippen LogP contribution >= 0.6 is 23.2 Å². The van der Waals surface area contributed by atoms with Gasteiger partial charge < -0.3 is 10.2 Å². The Bertz CT molecular complexity index is 1290. The number of rotatable bonds is 7. The second-order valence-corrected chi connectivity index (χ2v) is 10.9. The van der Waals surface area contributed by atoms with Crippen molar-refractivity contribution >= 4 is 34.9 Å². The normalized spacial score (nSPS) is 17.4. The summed E-state index contributed by atoms with van der Waals surface area (Å²) in [5.41, 5.74) is 1.91. The van der Waals surface area contributed by atoms with Crippen LogP contribution in [0.3, 0.4) is 0 Å². The number of carbonyl (C=O) groups excluding carboxylic acids is 1. The molecule has 2 aromatic carbocycles. The number of benzene rings is 2. The van der Waals surface area contributed by atoms with Crippen molar-refractivity contribution in [3.8, 4) is 0 Å². The van der Waals surface area contributed by atoms with Crippen LogP contribution in [0.1, 0.15) is 34.3 Å². The Kier molecular flexibility index (Phi) is 8.97. The van der Waals surface area contributed by atoms with Gasteiger partial charge in [0.15, 0.2) is 0 Å². The molecule has 6 nitrogen and oxygen atoms in total. The van der Waals surface area contributed by atoms with Crippen molar-refractivity contribution in [1.82, 2.24) is 20.1 Å². The van der Waals surface area contributed by atoms with Crippen LogP contribution in [0.25, 0.3) is 0 Å². The molecule has 0 atom stereocenters. The summed E-state index contributed by atoms with van der Waals surface area (Å²) in [6.07, 6.45) is 3.60. The fraction of sp³-hybridized carbons (Fsp3) is 0.379. The van der Waals surface area contributed by atoms with Gasteiger partial charge in [-0.25, -0.2) is 13.8 Å². The van der Waals surface area contributed by atoms with Crippen molar-refractivity contribution in [3.63, 3.8) is 0 Å². The van der Waals surface area contributed by atoms with Gasteiger partial charge in [0.05, 0.1) is 10.6 Å². The summed E-state index contributed by atoms with van der Waals surface area (Å²) in [5.74, 6) is -0.560. The molecule has 2 fully saturated rings. The summed E-state index contributed by atoms with van der Waals surface area (Å²) in [6.45, 7) is 6.07. The van der Waals surface area contributed by atoms with E-state index in [0.717, 1.165) is 63.7 Å². The maximum Gasteiger partial charge on any atom is 0.253 e. The van der Waals surface area contributed by atoms with Gasteiger partial charge in [-0.2, -0.15) is 0 Å². The summed E-state index contributed by atoms with van der Waals surface area (Å²) >= 11 is 12.5. The SMILES string of the molecule is O=C(NCc1ccc(Cl)cc1)c1cnc(N2CCN(C3CCN(Cc4ccc(F)cc4F)CC3)CC2)c(Cl)c1. The number of pyridine rings is 1.